The third-order valence-corrected chi connectivity index (χ3v) is 4.09. The molecule has 2 aromatic carbocycles. The van der Waals surface area contributed by atoms with Gasteiger partial charge in [0.25, 0.3) is 5.91 Å². The van der Waals surface area contributed by atoms with Crippen LogP contribution in [0, 0.1) is 6.92 Å². The van der Waals surface area contributed by atoms with Gasteiger partial charge in [-0.1, -0.05) is 43.3 Å². The number of aryl methyl sites for hydroxylation is 1. The topological polar surface area (TPSA) is 73.7 Å². The van der Waals surface area contributed by atoms with Crippen LogP contribution in [0.1, 0.15) is 30.0 Å². The number of aromatic hydroxyl groups is 1. The van der Waals surface area contributed by atoms with E-state index in [4.69, 9.17) is 0 Å². The maximum Gasteiger partial charge on any atom is 0.262 e. The van der Waals surface area contributed by atoms with Gasteiger partial charge in [0.15, 0.2) is 0 Å². The van der Waals surface area contributed by atoms with Crippen LogP contribution in [0.3, 0.4) is 0 Å². The van der Waals surface area contributed by atoms with Crippen molar-refractivity contribution >= 4 is 17.8 Å². The van der Waals surface area contributed by atoms with E-state index >= 15 is 0 Å². The molecular formula is C21H25N3O2. The number of phenols is 1. The van der Waals surface area contributed by atoms with Gasteiger partial charge in [0.05, 0.1) is 6.21 Å². The van der Waals surface area contributed by atoms with E-state index in [-0.39, 0.29) is 11.7 Å². The molecule has 0 saturated carbocycles. The number of phenolic OH excluding ortho intramolecular Hbond substituents is 1. The highest BCUT2D eigenvalue weighted by molar-refractivity contribution is 5.88. The molecule has 3 N–H and O–H groups in total. The zero-order valence-electron chi connectivity index (χ0n) is 15.2. The minimum absolute atomic E-state index is 0.149. The third kappa shape index (κ3) is 4.96. The monoisotopic (exact) mass is 351 g/mol. The van der Waals surface area contributed by atoms with E-state index in [1.807, 2.05) is 50.2 Å². The zero-order chi connectivity index (χ0) is 18.9. The first-order valence-corrected chi connectivity index (χ1v) is 8.63. The SMILES string of the molecule is C=CCc1cccc(/C=N/NC(=O)C(CC)Nc2ccccc2C)c1O. The van der Waals surface area contributed by atoms with Crippen LogP contribution >= 0.6 is 0 Å². The van der Waals surface area contributed by atoms with Crippen LogP contribution in [-0.4, -0.2) is 23.3 Å². The Hall–Kier alpha value is -3.08. The number of nitrogens with one attached hydrogen (secondary N) is 2. The van der Waals surface area contributed by atoms with Crippen LogP contribution < -0.4 is 10.7 Å². The Morgan fingerprint density at radius 3 is 2.73 bits per heavy atom. The van der Waals surface area contributed by atoms with Gasteiger partial charge in [-0.25, -0.2) is 5.43 Å². The first-order valence-electron chi connectivity index (χ1n) is 8.63. The molecule has 136 valence electrons. The largest absolute Gasteiger partial charge is 0.507 e. The first-order chi connectivity index (χ1) is 12.6. The minimum atomic E-state index is -0.394. The molecule has 1 amide bonds. The van der Waals surface area contributed by atoms with Crippen molar-refractivity contribution in [2.75, 3.05) is 5.32 Å². The first kappa shape index (κ1) is 19.2. The maximum absolute atomic E-state index is 12.4. The third-order valence-electron chi connectivity index (χ3n) is 4.09. The Bertz CT molecular complexity index is 800. The Morgan fingerprint density at radius 1 is 1.27 bits per heavy atom. The standard InChI is InChI=1S/C21H25N3O2/c1-4-9-16-11-8-12-17(20(16)25)14-22-24-21(26)18(5-2)23-19-13-7-6-10-15(19)3/h4,6-8,10-14,18,23,25H,1,5,9H2,2-3H3,(H,24,26)/b22-14+. The zero-order valence-corrected chi connectivity index (χ0v) is 15.2. The number of amides is 1. The van der Waals surface area contributed by atoms with Crippen LogP contribution in [-0.2, 0) is 11.2 Å². The quantitative estimate of drug-likeness (QED) is 0.385. The molecule has 1 atom stereocenters. The summed E-state index contributed by atoms with van der Waals surface area (Å²) < 4.78 is 0. The molecular weight excluding hydrogens is 326 g/mol. The molecule has 0 fully saturated rings. The van der Waals surface area contributed by atoms with Crippen molar-refractivity contribution < 1.29 is 9.90 Å². The van der Waals surface area contributed by atoms with Crippen molar-refractivity contribution in [2.45, 2.75) is 32.7 Å². The van der Waals surface area contributed by atoms with Crippen molar-refractivity contribution in [1.29, 1.82) is 0 Å². The van der Waals surface area contributed by atoms with Crippen molar-refractivity contribution in [3.8, 4) is 5.75 Å². The lowest BCUT2D eigenvalue weighted by Gasteiger charge is -2.17. The molecule has 0 aliphatic carbocycles. The van der Waals surface area contributed by atoms with E-state index in [1.54, 1.807) is 12.1 Å². The smallest absolute Gasteiger partial charge is 0.262 e. The highest BCUT2D eigenvalue weighted by Gasteiger charge is 2.16. The number of para-hydroxylation sites is 2. The second kappa shape index (κ2) is 9.42. The minimum Gasteiger partial charge on any atom is -0.507 e. The lowest BCUT2D eigenvalue weighted by molar-refractivity contribution is -0.121. The molecule has 0 aliphatic heterocycles. The van der Waals surface area contributed by atoms with E-state index in [2.05, 4.69) is 22.4 Å². The molecule has 0 spiro atoms. The van der Waals surface area contributed by atoms with Crippen LogP contribution in [0.15, 0.2) is 60.2 Å². The lowest BCUT2D eigenvalue weighted by Crippen LogP contribution is -2.37. The number of rotatable bonds is 8. The van der Waals surface area contributed by atoms with Crippen LogP contribution in [0.25, 0.3) is 0 Å². The summed E-state index contributed by atoms with van der Waals surface area (Å²) in [6.07, 6.45) is 4.36. The van der Waals surface area contributed by atoms with Gasteiger partial charge in [-0.05, 0) is 43.0 Å². The van der Waals surface area contributed by atoms with Crippen molar-refractivity contribution in [2.24, 2.45) is 5.10 Å². The Morgan fingerprint density at radius 2 is 2.04 bits per heavy atom. The second-order valence-corrected chi connectivity index (χ2v) is 6.00. The van der Waals surface area contributed by atoms with Gasteiger partial charge in [-0.3, -0.25) is 4.79 Å². The summed E-state index contributed by atoms with van der Waals surface area (Å²) in [5, 5.41) is 17.4. The summed E-state index contributed by atoms with van der Waals surface area (Å²) in [5.41, 5.74) is 5.85. The van der Waals surface area contributed by atoms with E-state index in [9.17, 15) is 9.90 Å². The summed E-state index contributed by atoms with van der Waals surface area (Å²) in [6, 6.07) is 12.8. The normalized spacial score (nSPS) is 11.9. The van der Waals surface area contributed by atoms with E-state index < -0.39 is 6.04 Å². The van der Waals surface area contributed by atoms with E-state index in [1.165, 1.54) is 6.21 Å². The molecule has 0 radical (unpaired) electrons. The molecule has 2 rings (SSSR count). The number of carbonyl (C=O) groups excluding carboxylic acids is 1. The number of benzene rings is 2. The summed E-state index contributed by atoms with van der Waals surface area (Å²) in [6.45, 7) is 7.60. The van der Waals surface area contributed by atoms with Gasteiger partial charge in [0.2, 0.25) is 0 Å². The molecule has 2 aromatic rings. The molecule has 0 aliphatic rings. The molecule has 0 bridgehead atoms. The fraction of sp³-hybridized carbons (Fsp3) is 0.238. The van der Waals surface area contributed by atoms with Crippen LogP contribution in [0.4, 0.5) is 5.69 Å². The summed E-state index contributed by atoms with van der Waals surface area (Å²) in [7, 11) is 0. The number of anilines is 1. The number of hydrogen-bond acceptors (Lipinski definition) is 4. The average Bonchev–Trinajstić information content (AvgIpc) is 2.64. The molecule has 5 heteroatoms. The number of carbonyl (C=O) groups is 1. The van der Waals surface area contributed by atoms with Crippen molar-refractivity contribution in [3.63, 3.8) is 0 Å². The predicted octanol–water partition coefficient (Wildman–Crippen LogP) is 3.77. The van der Waals surface area contributed by atoms with Crippen molar-refractivity contribution in [3.05, 3.63) is 71.8 Å². The Labute approximate surface area is 154 Å². The van der Waals surface area contributed by atoms with E-state index in [0.717, 1.165) is 16.8 Å². The molecule has 0 heterocycles. The number of hydrazone groups is 1. The van der Waals surface area contributed by atoms with Crippen LogP contribution in [0.5, 0.6) is 5.75 Å². The Kier molecular flexibility index (Phi) is 6.97. The highest BCUT2D eigenvalue weighted by Crippen LogP contribution is 2.21. The van der Waals surface area contributed by atoms with Crippen molar-refractivity contribution in [1.82, 2.24) is 5.43 Å². The molecule has 5 nitrogen and oxygen atoms in total. The number of allylic oxidation sites excluding steroid dienone is 1. The van der Waals surface area contributed by atoms with Crippen LogP contribution in [0.2, 0.25) is 0 Å². The van der Waals surface area contributed by atoms with Gasteiger partial charge >= 0.3 is 0 Å². The number of hydrogen-bond donors (Lipinski definition) is 3. The fourth-order valence-corrected chi connectivity index (χ4v) is 2.55. The molecule has 0 aromatic heterocycles. The summed E-state index contributed by atoms with van der Waals surface area (Å²) in [4.78, 5) is 12.4. The second-order valence-electron chi connectivity index (χ2n) is 6.00. The maximum atomic E-state index is 12.4. The van der Waals surface area contributed by atoms with Gasteiger partial charge in [-0.15, -0.1) is 6.58 Å². The highest BCUT2D eigenvalue weighted by atomic mass is 16.3. The van der Waals surface area contributed by atoms with E-state index in [0.29, 0.717) is 18.4 Å². The predicted molar refractivity (Wildman–Crippen MR) is 107 cm³/mol. The van der Waals surface area contributed by atoms with Gasteiger partial charge in [-0.2, -0.15) is 5.10 Å². The molecule has 1 unspecified atom stereocenters. The lowest BCUT2D eigenvalue weighted by atomic mass is 10.1. The summed E-state index contributed by atoms with van der Waals surface area (Å²) >= 11 is 0. The summed E-state index contributed by atoms with van der Waals surface area (Å²) in [5.74, 6) is -0.0794. The Balaban J connectivity index is 2.02. The van der Waals surface area contributed by atoms with Gasteiger partial charge < -0.3 is 10.4 Å². The molecule has 0 saturated heterocycles. The van der Waals surface area contributed by atoms with Gasteiger partial charge in [0, 0.05) is 11.3 Å². The average molecular weight is 351 g/mol. The molecule has 26 heavy (non-hydrogen) atoms. The number of nitrogens with zero attached hydrogens (tertiary/aromatic N) is 1. The van der Waals surface area contributed by atoms with Gasteiger partial charge in [0.1, 0.15) is 11.8 Å². The fourth-order valence-electron chi connectivity index (χ4n) is 2.55.